The van der Waals surface area contributed by atoms with Gasteiger partial charge in [0.2, 0.25) is 17.7 Å². The topological polar surface area (TPSA) is 90.4 Å². The number of likely N-dealkylation sites (tertiary alicyclic amines) is 1. The average molecular weight is 520 g/mol. The lowest BCUT2D eigenvalue weighted by atomic mass is 9.77. The van der Waals surface area contributed by atoms with Crippen LogP contribution in [0.25, 0.3) is 0 Å². The van der Waals surface area contributed by atoms with Crippen molar-refractivity contribution < 1.29 is 24.2 Å². The van der Waals surface area contributed by atoms with Crippen LogP contribution in [0.3, 0.4) is 0 Å². The number of carbonyl (C=O) groups is 3. The van der Waals surface area contributed by atoms with Crippen molar-refractivity contribution in [1.29, 1.82) is 0 Å². The number of anilines is 1. The Bertz CT molecular complexity index is 1130. The zero-order valence-corrected chi connectivity index (χ0v) is 21.8. The van der Waals surface area contributed by atoms with E-state index in [1.807, 2.05) is 59.5 Å². The number of hydrogen-bond donors (Lipinski definition) is 1. The van der Waals surface area contributed by atoms with E-state index in [0.29, 0.717) is 32.5 Å². The number of hydrogen-bond acceptors (Lipinski definition) is 5. The zero-order valence-electron chi connectivity index (χ0n) is 21.8. The van der Waals surface area contributed by atoms with Crippen molar-refractivity contribution >= 4 is 23.4 Å². The monoisotopic (exact) mass is 519 g/mol. The molecule has 1 spiro atoms. The summed E-state index contributed by atoms with van der Waals surface area (Å²) >= 11 is 0. The fraction of sp³-hybridized carbons (Fsp3) is 0.567. The molecule has 1 unspecified atom stereocenters. The van der Waals surface area contributed by atoms with Crippen LogP contribution >= 0.6 is 0 Å². The van der Waals surface area contributed by atoms with E-state index in [1.165, 1.54) is 6.42 Å². The third-order valence-corrected chi connectivity index (χ3v) is 9.08. The van der Waals surface area contributed by atoms with Gasteiger partial charge in [0, 0.05) is 38.0 Å². The van der Waals surface area contributed by atoms with Gasteiger partial charge in [0.15, 0.2) is 0 Å². The van der Waals surface area contributed by atoms with E-state index in [0.717, 1.165) is 31.4 Å². The van der Waals surface area contributed by atoms with Crippen molar-refractivity contribution in [1.82, 2.24) is 9.80 Å². The van der Waals surface area contributed by atoms with Crippen LogP contribution in [0.4, 0.5) is 5.69 Å². The molecule has 1 saturated carbocycles. The number of unbranched alkanes of at least 4 members (excludes halogenated alkanes) is 1. The van der Waals surface area contributed by atoms with E-state index in [-0.39, 0.29) is 30.4 Å². The first-order valence-electron chi connectivity index (χ1n) is 14.2. The number of amides is 3. The minimum atomic E-state index is -1.19. The Kier molecular flexibility index (Phi) is 6.86. The van der Waals surface area contributed by atoms with Gasteiger partial charge in [0.05, 0.1) is 17.9 Å². The first-order chi connectivity index (χ1) is 18.6. The Morgan fingerprint density at radius 2 is 1.71 bits per heavy atom. The smallest absolute Gasteiger partial charge is 0.249 e. The molecule has 2 saturated heterocycles. The standard InChI is InChI=1S/C30H37N3O5/c34-20-8-7-17-33-26-29(37)32(22-13-5-2-6-14-22)19-10-16-30(26)25(28(33)36)24-23(38-30)15-9-18-31(27(24)35)21-11-3-1-4-12-21/h1,3-4,9-12,15-16,22-26,34H,2,5-8,13-14,17-20H2/t23-,24+,25-,26?,30-/m0/s1. The third kappa shape index (κ3) is 4.00. The van der Waals surface area contributed by atoms with Crippen LogP contribution in [-0.4, -0.2) is 82.7 Å². The maximum Gasteiger partial charge on any atom is 0.249 e. The van der Waals surface area contributed by atoms with Crippen molar-refractivity contribution in [2.75, 3.05) is 31.1 Å². The lowest BCUT2D eigenvalue weighted by Gasteiger charge is -2.39. The van der Waals surface area contributed by atoms with Crippen LogP contribution in [0, 0.1) is 11.8 Å². The molecule has 3 fully saturated rings. The van der Waals surface area contributed by atoms with Gasteiger partial charge in [-0.15, -0.1) is 0 Å². The van der Waals surface area contributed by atoms with Gasteiger partial charge >= 0.3 is 0 Å². The zero-order chi connectivity index (χ0) is 26.3. The maximum absolute atomic E-state index is 14.3. The summed E-state index contributed by atoms with van der Waals surface area (Å²) in [6, 6.07) is 8.85. The highest BCUT2D eigenvalue weighted by Gasteiger charge is 2.71. The fourth-order valence-corrected chi connectivity index (χ4v) is 7.35. The minimum Gasteiger partial charge on any atom is -0.396 e. The van der Waals surface area contributed by atoms with Gasteiger partial charge in [0.25, 0.3) is 0 Å². The third-order valence-electron chi connectivity index (χ3n) is 9.08. The van der Waals surface area contributed by atoms with Gasteiger partial charge in [-0.05, 0) is 37.8 Å². The number of benzene rings is 1. The number of fused-ring (bicyclic) bond motifs is 2. The summed E-state index contributed by atoms with van der Waals surface area (Å²) in [5.41, 5.74) is -0.409. The second kappa shape index (κ2) is 10.3. The summed E-state index contributed by atoms with van der Waals surface area (Å²) < 4.78 is 6.73. The quantitative estimate of drug-likeness (QED) is 0.461. The molecule has 38 heavy (non-hydrogen) atoms. The molecule has 1 aliphatic carbocycles. The predicted molar refractivity (Wildman–Crippen MR) is 142 cm³/mol. The molecule has 0 bridgehead atoms. The second-order valence-corrected chi connectivity index (χ2v) is 11.2. The molecule has 0 radical (unpaired) electrons. The number of aliphatic hydroxyl groups is 1. The normalized spacial score (nSPS) is 33.3. The Labute approximate surface area is 223 Å². The molecule has 3 amide bonds. The molecule has 5 aliphatic rings. The number of rotatable bonds is 6. The van der Waals surface area contributed by atoms with Crippen molar-refractivity contribution in [3.63, 3.8) is 0 Å². The molecule has 6 rings (SSSR count). The molecular weight excluding hydrogens is 482 g/mol. The Hall–Kier alpha value is -2.97. The Balaban J connectivity index is 1.39. The number of aliphatic hydroxyl groups excluding tert-OH is 1. The fourth-order valence-electron chi connectivity index (χ4n) is 7.35. The van der Waals surface area contributed by atoms with Crippen molar-refractivity contribution in [2.45, 2.75) is 68.7 Å². The number of carbonyl (C=O) groups excluding carboxylic acids is 3. The minimum absolute atomic E-state index is 0.0276. The SMILES string of the molecule is O=C1[C@@H]2[C@H](C=CCN1c1ccccc1)O[C@]13C=CCN(C4CCCCC4)C(=O)C1N(CCCCO)C(=O)[C@H]23. The van der Waals surface area contributed by atoms with Crippen molar-refractivity contribution in [2.24, 2.45) is 11.8 Å². The molecule has 5 atom stereocenters. The van der Waals surface area contributed by atoms with E-state index < -0.39 is 29.6 Å². The van der Waals surface area contributed by atoms with Gasteiger partial charge in [-0.25, -0.2) is 0 Å². The second-order valence-electron chi connectivity index (χ2n) is 11.2. The molecule has 0 aromatic heterocycles. The van der Waals surface area contributed by atoms with Crippen molar-refractivity contribution in [3.05, 3.63) is 54.6 Å². The van der Waals surface area contributed by atoms with Crippen LogP contribution in [-0.2, 0) is 19.1 Å². The Morgan fingerprint density at radius 3 is 2.47 bits per heavy atom. The molecular formula is C30H37N3O5. The van der Waals surface area contributed by atoms with Gasteiger partial charge in [-0.3, -0.25) is 14.4 Å². The lowest BCUT2D eigenvalue weighted by Crippen LogP contribution is -2.57. The van der Waals surface area contributed by atoms with Crippen molar-refractivity contribution in [3.8, 4) is 0 Å². The van der Waals surface area contributed by atoms with E-state index in [4.69, 9.17) is 4.74 Å². The van der Waals surface area contributed by atoms with E-state index >= 15 is 0 Å². The predicted octanol–water partition coefficient (Wildman–Crippen LogP) is 2.67. The summed E-state index contributed by atoms with van der Waals surface area (Å²) in [4.78, 5) is 48.0. The Morgan fingerprint density at radius 1 is 0.921 bits per heavy atom. The molecule has 4 aliphatic heterocycles. The molecule has 202 valence electrons. The van der Waals surface area contributed by atoms with Crippen LogP contribution in [0.5, 0.6) is 0 Å². The van der Waals surface area contributed by atoms with Crippen LogP contribution in [0.15, 0.2) is 54.6 Å². The van der Waals surface area contributed by atoms with Crippen LogP contribution < -0.4 is 4.90 Å². The lowest BCUT2D eigenvalue weighted by molar-refractivity contribution is -0.149. The van der Waals surface area contributed by atoms with Gasteiger partial charge in [0.1, 0.15) is 11.6 Å². The highest BCUT2D eigenvalue weighted by Crippen LogP contribution is 2.54. The van der Waals surface area contributed by atoms with Crippen LogP contribution in [0.2, 0.25) is 0 Å². The van der Waals surface area contributed by atoms with Gasteiger partial charge in [-0.2, -0.15) is 0 Å². The number of para-hydroxylation sites is 1. The number of nitrogens with zero attached hydrogens (tertiary/aromatic N) is 3. The molecule has 8 heteroatoms. The largest absolute Gasteiger partial charge is 0.396 e. The summed E-state index contributed by atoms with van der Waals surface area (Å²) in [7, 11) is 0. The molecule has 8 nitrogen and oxygen atoms in total. The summed E-state index contributed by atoms with van der Waals surface area (Å²) in [6.07, 6.45) is 13.6. The van der Waals surface area contributed by atoms with E-state index in [2.05, 4.69) is 0 Å². The summed E-state index contributed by atoms with van der Waals surface area (Å²) in [6.45, 7) is 1.28. The highest BCUT2D eigenvalue weighted by molar-refractivity contribution is 6.03. The van der Waals surface area contributed by atoms with Gasteiger partial charge < -0.3 is 24.5 Å². The summed E-state index contributed by atoms with van der Waals surface area (Å²) in [5, 5.41) is 9.39. The maximum atomic E-state index is 14.3. The van der Waals surface area contributed by atoms with Crippen LogP contribution in [0.1, 0.15) is 44.9 Å². The number of ether oxygens (including phenoxy) is 1. The first kappa shape index (κ1) is 25.3. The molecule has 4 heterocycles. The molecule has 1 N–H and O–H groups in total. The van der Waals surface area contributed by atoms with E-state index in [1.54, 1.807) is 9.80 Å². The average Bonchev–Trinajstić information content (AvgIpc) is 3.24. The summed E-state index contributed by atoms with van der Waals surface area (Å²) in [5.74, 6) is -1.91. The first-order valence-corrected chi connectivity index (χ1v) is 14.2. The van der Waals surface area contributed by atoms with E-state index in [9.17, 15) is 19.5 Å². The molecule has 1 aromatic carbocycles. The molecule has 1 aromatic rings. The highest BCUT2D eigenvalue weighted by atomic mass is 16.5. The van der Waals surface area contributed by atoms with Gasteiger partial charge in [-0.1, -0.05) is 61.8 Å².